The first kappa shape index (κ1) is 19.6. The Morgan fingerprint density at radius 1 is 1.37 bits per heavy atom. The molecule has 2 aromatic heterocycles. The summed E-state index contributed by atoms with van der Waals surface area (Å²) in [7, 11) is 0. The molecule has 1 unspecified atom stereocenters. The molecule has 0 aliphatic carbocycles. The maximum Gasteiger partial charge on any atom is 0.281 e. The number of nitrogens with zero attached hydrogens (tertiary/aromatic N) is 4. The molecule has 0 aromatic carbocycles. The van der Waals surface area contributed by atoms with Crippen LogP contribution in [-0.2, 0) is 0 Å². The second kappa shape index (κ2) is 9.17. The van der Waals surface area contributed by atoms with Crippen molar-refractivity contribution in [3.05, 3.63) is 40.1 Å². The number of aromatic nitrogens is 2. The Hall–Kier alpha value is -2.15. The number of likely N-dealkylation sites (tertiary alicyclic amines) is 1. The van der Waals surface area contributed by atoms with Crippen LogP contribution in [0.1, 0.15) is 41.6 Å². The lowest BCUT2D eigenvalue weighted by Gasteiger charge is -2.36. The van der Waals surface area contributed by atoms with Crippen molar-refractivity contribution in [2.24, 2.45) is 11.7 Å². The van der Waals surface area contributed by atoms with Crippen LogP contribution in [-0.4, -0.2) is 41.1 Å². The van der Waals surface area contributed by atoms with Crippen molar-refractivity contribution in [1.29, 1.82) is 5.26 Å². The molecule has 27 heavy (non-hydrogen) atoms. The molecule has 2 N–H and O–H groups in total. The molecule has 3 heterocycles. The fourth-order valence-corrected chi connectivity index (χ4v) is 4.27. The standard InChI is InChI=1S/C18H21F2N5OS/c19-18(20)16-17(27-11-24-16)14(9-22)25-6-3-12(4-7-25)10-26-15-2-1-5-23-13(15)8-21/h1-2,5,11-12,14,18H,3-4,6-7,9-10,22H2. The van der Waals surface area contributed by atoms with Crippen molar-refractivity contribution >= 4 is 11.3 Å². The first-order valence-corrected chi connectivity index (χ1v) is 9.65. The van der Waals surface area contributed by atoms with E-state index in [1.165, 1.54) is 16.8 Å². The monoisotopic (exact) mass is 393 g/mol. The van der Waals surface area contributed by atoms with Gasteiger partial charge in [-0.05, 0) is 44.0 Å². The van der Waals surface area contributed by atoms with E-state index in [0.717, 1.165) is 25.9 Å². The van der Waals surface area contributed by atoms with E-state index in [4.69, 9.17) is 15.7 Å². The van der Waals surface area contributed by atoms with Crippen LogP contribution in [0.25, 0.3) is 0 Å². The summed E-state index contributed by atoms with van der Waals surface area (Å²) < 4.78 is 32.1. The Morgan fingerprint density at radius 3 is 2.81 bits per heavy atom. The summed E-state index contributed by atoms with van der Waals surface area (Å²) in [5.41, 5.74) is 7.48. The van der Waals surface area contributed by atoms with Gasteiger partial charge in [0, 0.05) is 12.7 Å². The summed E-state index contributed by atoms with van der Waals surface area (Å²) in [5.74, 6) is 0.830. The molecule has 1 atom stereocenters. The van der Waals surface area contributed by atoms with Crippen LogP contribution in [0.15, 0.2) is 23.8 Å². The highest BCUT2D eigenvalue weighted by Gasteiger charge is 2.30. The highest BCUT2D eigenvalue weighted by Crippen LogP contribution is 2.34. The molecule has 9 heteroatoms. The van der Waals surface area contributed by atoms with Crippen molar-refractivity contribution in [3.8, 4) is 11.8 Å². The number of alkyl halides is 2. The number of hydrogen-bond acceptors (Lipinski definition) is 7. The summed E-state index contributed by atoms with van der Waals surface area (Å²) in [4.78, 5) is 10.5. The highest BCUT2D eigenvalue weighted by atomic mass is 32.1. The molecule has 1 aliphatic rings. The molecule has 0 saturated carbocycles. The Morgan fingerprint density at radius 2 is 2.15 bits per heavy atom. The van der Waals surface area contributed by atoms with E-state index in [0.29, 0.717) is 23.2 Å². The van der Waals surface area contributed by atoms with Crippen LogP contribution in [0.3, 0.4) is 0 Å². The summed E-state index contributed by atoms with van der Waals surface area (Å²) in [5, 5.41) is 9.06. The van der Waals surface area contributed by atoms with Gasteiger partial charge in [-0.3, -0.25) is 4.90 Å². The molecular formula is C18H21F2N5OS. The molecule has 1 fully saturated rings. The zero-order valence-electron chi connectivity index (χ0n) is 14.7. The number of pyridine rings is 1. The topological polar surface area (TPSA) is 88.1 Å². The highest BCUT2D eigenvalue weighted by molar-refractivity contribution is 7.09. The van der Waals surface area contributed by atoms with E-state index in [2.05, 4.69) is 14.9 Å². The predicted octanol–water partition coefficient (Wildman–Crippen LogP) is 3.14. The molecular weight excluding hydrogens is 372 g/mol. The number of rotatable bonds is 7. The third-order valence-corrected chi connectivity index (χ3v) is 5.74. The van der Waals surface area contributed by atoms with Crippen molar-refractivity contribution in [2.75, 3.05) is 26.2 Å². The fraction of sp³-hybridized carbons (Fsp3) is 0.500. The Labute approximate surface area is 160 Å². The van der Waals surface area contributed by atoms with E-state index < -0.39 is 6.43 Å². The van der Waals surface area contributed by atoms with Gasteiger partial charge in [0.1, 0.15) is 11.8 Å². The van der Waals surface area contributed by atoms with E-state index in [1.807, 2.05) is 6.07 Å². The van der Waals surface area contributed by atoms with Gasteiger partial charge in [-0.25, -0.2) is 18.7 Å². The third-order valence-electron chi connectivity index (χ3n) is 4.80. The summed E-state index contributed by atoms with van der Waals surface area (Å²) >= 11 is 1.24. The van der Waals surface area contributed by atoms with Gasteiger partial charge >= 0.3 is 0 Å². The zero-order chi connectivity index (χ0) is 19.2. The van der Waals surface area contributed by atoms with E-state index >= 15 is 0 Å². The SMILES string of the molecule is N#Cc1ncccc1OCC1CCN(C(CN)c2scnc2C(F)F)CC1. The zero-order valence-corrected chi connectivity index (χ0v) is 15.5. The molecule has 0 radical (unpaired) electrons. The lowest BCUT2D eigenvalue weighted by atomic mass is 9.96. The van der Waals surface area contributed by atoms with Crippen molar-refractivity contribution in [1.82, 2.24) is 14.9 Å². The number of nitriles is 1. The van der Waals surface area contributed by atoms with E-state index in [-0.39, 0.29) is 24.0 Å². The van der Waals surface area contributed by atoms with Gasteiger partial charge in [-0.1, -0.05) is 0 Å². The molecule has 144 valence electrons. The Balaban J connectivity index is 1.56. The maximum atomic E-state index is 13.2. The first-order valence-electron chi connectivity index (χ1n) is 8.77. The quantitative estimate of drug-likeness (QED) is 0.778. The van der Waals surface area contributed by atoms with Gasteiger partial charge in [0.05, 0.1) is 23.0 Å². The summed E-state index contributed by atoms with van der Waals surface area (Å²) in [6.07, 6.45) is 0.729. The number of nitrogens with two attached hydrogens (primary N) is 1. The number of thiazole rings is 1. The number of halogens is 2. The molecule has 1 aliphatic heterocycles. The predicted molar refractivity (Wildman–Crippen MR) is 97.6 cm³/mol. The largest absolute Gasteiger partial charge is 0.490 e. The van der Waals surface area contributed by atoms with Gasteiger partial charge in [0.25, 0.3) is 6.43 Å². The smallest absolute Gasteiger partial charge is 0.281 e. The molecule has 3 rings (SSSR count). The number of hydrogen-bond donors (Lipinski definition) is 1. The van der Waals surface area contributed by atoms with Crippen LogP contribution >= 0.6 is 11.3 Å². The summed E-state index contributed by atoms with van der Waals surface area (Å²) in [6.45, 7) is 2.30. The third kappa shape index (κ3) is 4.58. The van der Waals surface area contributed by atoms with Gasteiger partial charge in [0.15, 0.2) is 11.4 Å². The molecule has 0 spiro atoms. The fourth-order valence-electron chi connectivity index (χ4n) is 3.33. The molecule has 2 aromatic rings. The Bertz CT molecular complexity index is 786. The number of ether oxygens (including phenoxy) is 1. The van der Waals surface area contributed by atoms with Gasteiger partial charge in [0.2, 0.25) is 0 Å². The lowest BCUT2D eigenvalue weighted by Crippen LogP contribution is -2.41. The first-order chi connectivity index (χ1) is 13.1. The van der Waals surface area contributed by atoms with E-state index in [9.17, 15) is 8.78 Å². The second-order valence-corrected chi connectivity index (χ2v) is 7.29. The van der Waals surface area contributed by atoms with Crippen LogP contribution in [0, 0.1) is 17.2 Å². The van der Waals surface area contributed by atoms with Crippen molar-refractivity contribution in [2.45, 2.75) is 25.3 Å². The minimum Gasteiger partial charge on any atom is -0.490 e. The normalized spacial score (nSPS) is 17.0. The second-order valence-electron chi connectivity index (χ2n) is 6.41. The minimum atomic E-state index is -2.58. The Kier molecular flexibility index (Phi) is 6.66. The van der Waals surface area contributed by atoms with Gasteiger partial charge in [-0.15, -0.1) is 11.3 Å². The van der Waals surface area contributed by atoms with Crippen LogP contribution in [0.4, 0.5) is 8.78 Å². The van der Waals surface area contributed by atoms with Crippen LogP contribution in [0.2, 0.25) is 0 Å². The average molecular weight is 393 g/mol. The van der Waals surface area contributed by atoms with Gasteiger partial charge in [-0.2, -0.15) is 5.26 Å². The minimum absolute atomic E-state index is 0.151. The lowest BCUT2D eigenvalue weighted by molar-refractivity contribution is 0.105. The molecule has 6 nitrogen and oxygen atoms in total. The average Bonchev–Trinajstić information content (AvgIpc) is 3.18. The van der Waals surface area contributed by atoms with Crippen LogP contribution < -0.4 is 10.5 Å². The van der Waals surface area contributed by atoms with Gasteiger partial charge < -0.3 is 10.5 Å². The summed E-state index contributed by atoms with van der Waals surface area (Å²) in [6, 6.07) is 5.26. The molecule has 1 saturated heterocycles. The van der Waals surface area contributed by atoms with Crippen LogP contribution in [0.5, 0.6) is 5.75 Å². The van der Waals surface area contributed by atoms with Crippen molar-refractivity contribution < 1.29 is 13.5 Å². The van der Waals surface area contributed by atoms with Crippen molar-refractivity contribution in [3.63, 3.8) is 0 Å². The molecule has 0 bridgehead atoms. The maximum absolute atomic E-state index is 13.2. The number of piperidine rings is 1. The van der Waals surface area contributed by atoms with E-state index in [1.54, 1.807) is 18.3 Å². The molecule has 0 amide bonds.